The van der Waals surface area contributed by atoms with E-state index in [0.29, 0.717) is 6.42 Å². The normalized spacial score (nSPS) is 17.3. The van der Waals surface area contributed by atoms with E-state index in [1.807, 2.05) is 26.0 Å². The third kappa shape index (κ3) is 3.09. The maximum Gasteiger partial charge on any atom is 0.224 e. The zero-order chi connectivity index (χ0) is 14.8. The van der Waals surface area contributed by atoms with Crippen LogP contribution >= 0.6 is 0 Å². The molecule has 1 aliphatic rings. The van der Waals surface area contributed by atoms with Crippen LogP contribution in [0.3, 0.4) is 0 Å². The molecule has 6 nitrogen and oxygen atoms in total. The van der Waals surface area contributed by atoms with Crippen molar-refractivity contribution in [2.45, 2.75) is 45.7 Å². The molecule has 0 unspecified atom stereocenters. The van der Waals surface area contributed by atoms with Gasteiger partial charge >= 0.3 is 0 Å². The molecule has 0 bridgehead atoms. The summed E-state index contributed by atoms with van der Waals surface area (Å²) in [7, 11) is 0. The van der Waals surface area contributed by atoms with E-state index in [-0.39, 0.29) is 11.9 Å². The van der Waals surface area contributed by atoms with Crippen molar-refractivity contribution in [1.29, 1.82) is 0 Å². The molecule has 2 aromatic heterocycles. The summed E-state index contributed by atoms with van der Waals surface area (Å²) in [5.74, 6) is 1.97. The molecule has 1 aliphatic heterocycles. The Morgan fingerprint density at radius 2 is 2.24 bits per heavy atom. The minimum Gasteiger partial charge on any atom is -0.351 e. The first kappa shape index (κ1) is 13.7. The number of pyridine rings is 1. The van der Waals surface area contributed by atoms with E-state index in [4.69, 9.17) is 0 Å². The lowest BCUT2D eigenvalue weighted by molar-refractivity contribution is -0.121. The van der Waals surface area contributed by atoms with Gasteiger partial charge < -0.3 is 9.88 Å². The van der Waals surface area contributed by atoms with Crippen LogP contribution in [-0.4, -0.2) is 31.7 Å². The Kier molecular flexibility index (Phi) is 3.68. The standard InChI is InChI=1S/C15H19N5O/c1-10-3-4-12(8-16-10)7-15(21)17-13-5-6-14-19-18-11(2)20(14)9-13/h3-4,8,13H,5-7,9H2,1-2H3,(H,17,21)/t13-/m0/s1. The van der Waals surface area contributed by atoms with Crippen molar-refractivity contribution in [2.24, 2.45) is 0 Å². The molecule has 1 amide bonds. The van der Waals surface area contributed by atoms with Gasteiger partial charge in [-0.05, 0) is 31.9 Å². The van der Waals surface area contributed by atoms with Crippen LogP contribution in [0.2, 0.25) is 0 Å². The SMILES string of the molecule is Cc1ccc(CC(=O)N[C@H]2CCc3nnc(C)n3C2)cn1. The molecular formula is C15H19N5O. The monoisotopic (exact) mass is 285 g/mol. The van der Waals surface area contributed by atoms with Crippen molar-refractivity contribution in [3.8, 4) is 0 Å². The third-order valence-corrected chi connectivity index (χ3v) is 3.83. The molecule has 6 heteroatoms. The average Bonchev–Trinajstić information content (AvgIpc) is 2.83. The smallest absolute Gasteiger partial charge is 0.224 e. The van der Waals surface area contributed by atoms with Crippen molar-refractivity contribution in [2.75, 3.05) is 0 Å². The Morgan fingerprint density at radius 3 is 3.00 bits per heavy atom. The summed E-state index contributed by atoms with van der Waals surface area (Å²) in [5, 5.41) is 11.3. The molecule has 0 saturated carbocycles. The van der Waals surface area contributed by atoms with Crippen LogP contribution in [0.25, 0.3) is 0 Å². The third-order valence-electron chi connectivity index (χ3n) is 3.83. The minimum atomic E-state index is 0.0415. The van der Waals surface area contributed by atoms with Crippen LogP contribution in [0.5, 0.6) is 0 Å². The molecule has 1 N–H and O–H groups in total. The van der Waals surface area contributed by atoms with E-state index in [2.05, 4.69) is 25.1 Å². The number of rotatable bonds is 3. The molecule has 0 spiro atoms. The fourth-order valence-corrected chi connectivity index (χ4v) is 2.65. The van der Waals surface area contributed by atoms with Crippen molar-refractivity contribution in [3.05, 3.63) is 41.2 Å². The summed E-state index contributed by atoms with van der Waals surface area (Å²) in [6.45, 7) is 4.63. The van der Waals surface area contributed by atoms with E-state index in [1.165, 1.54) is 0 Å². The average molecular weight is 285 g/mol. The Labute approximate surface area is 123 Å². The van der Waals surface area contributed by atoms with Gasteiger partial charge in [-0.2, -0.15) is 0 Å². The second-order valence-electron chi connectivity index (χ2n) is 5.56. The number of amides is 1. The number of carbonyl (C=O) groups excluding carboxylic acids is 1. The highest BCUT2D eigenvalue weighted by molar-refractivity contribution is 5.78. The molecule has 0 aromatic carbocycles. The molecule has 0 saturated heterocycles. The Hall–Kier alpha value is -2.24. The zero-order valence-corrected chi connectivity index (χ0v) is 12.3. The molecule has 21 heavy (non-hydrogen) atoms. The van der Waals surface area contributed by atoms with Gasteiger partial charge in [0.1, 0.15) is 11.6 Å². The molecular weight excluding hydrogens is 266 g/mol. The van der Waals surface area contributed by atoms with Gasteiger partial charge in [0.2, 0.25) is 5.91 Å². The van der Waals surface area contributed by atoms with Crippen LogP contribution in [0.15, 0.2) is 18.3 Å². The highest BCUT2D eigenvalue weighted by Gasteiger charge is 2.22. The maximum atomic E-state index is 12.1. The quantitative estimate of drug-likeness (QED) is 0.912. The molecule has 0 fully saturated rings. The summed E-state index contributed by atoms with van der Waals surface area (Å²) in [4.78, 5) is 16.3. The summed E-state index contributed by atoms with van der Waals surface area (Å²) in [6.07, 6.45) is 3.91. The Bertz CT molecular complexity index is 647. The first-order chi connectivity index (χ1) is 10.1. The van der Waals surface area contributed by atoms with Gasteiger partial charge in [-0.15, -0.1) is 10.2 Å². The first-order valence-corrected chi connectivity index (χ1v) is 7.21. The second-order valence-corrected chi connectivity index (χ2v) is 5.56. The minimum absolute atomic E-state index is 0.0415. The molecule has 3 rings (SSSR count). The summed E-state index contributed by atoms with van der Waals surface area (Å²) in [5.41, 5.74) is 1.90. The van der Waals surface area contributed by atoms with Gasteiger partial charge in [-0.3, -0.25) is 9.78 Å². The maximum absolute atomic E-state index is 12.1. The number of hydrogen-bond donors (Lipinski definition) is 1. The molecule has 2 aromatic rings. The topological polar surface area (TPSA) is 72.7 Å². The van der Waals surface area contributed by atoms with Gasteiger partial charge in [-0.1, -0.05) is 6.07 Å². The van der Waals surface area contributed by atoms with Crippen LogP contribution in [0, 0.1) is 13.8 Å². The first-order valence-electron chi connectivity index (χ1n) is 7.21. The lowest BCUT2D eigenvalue weighted by atomic mass is 10.1. The van der Waals surface area contributed by atoms with E-state index < -0.39 is 0 Å². The zero-order valence-electron chi connectivity index (χ0n) is 12.3. The number of nitrogens with zero attached hydrogens (tertiary/aromatic N) is 4. The van der Waals surface area contributed by atoms with E-state index >= 15 is 0 Å². The fraction of sp³-hybridized carbons (Fsp3) is 0.467. The number of aryl methyl sites for hydroxylation is 3. The van der Waals surface area contributed by atoms with Gasteiger partial charge in [0.05, 0.1) is 6.42 Å². The van der Waals surface area contributed by atoms with Crippen LogP contribution < -0.4 is 5.32 Å². The van der Waals surface area contributed by atoms with Gasteiger partial charge in [0.25, 0.3) is 0 Å². The number of aromatic nitrogens is 4. The van der Waals surface area contributed by atoms with Gasteiger partial charge in [0.15, 0.2) is 0 Å². The van der Waals surface area contributed by atoms with Crippen molar-refractivity contribution < 1.29 is 4.79 Å². The highest BCUT2D eigenvalue weighted by Crippen LogP contribution is 2.14. The number of hydrogen-bond acceptors (Lipinski definition) is 4. The van der Waals surface area contributed by atoms with Crippen molar-refractivity contribution in [1.82, 2.24) is 25.1 Å². The number of fused-ring (bicyclic) bond motifs is 1. The van der Waals surface area contributed by atoms with Gasteiger partial charge in [-0.25, -0.2) is 0 Å². The second kappa shape index (κ2) is 5.63. The summed E-state index contributed by atoms with van der Waals surface area (Å²) < 4.78 is 2.09. The largest absolute Gasteiger partial charge is 0.351 e. The van der Waals surface area contributed by atoms with Gasteiger partial charge in [0, 0.05) is 30.9 Å². The number of carbonyl (C=O) groups is 1. The van der Waals surface area contributed by atoms with E-state index in [0.717, 1.165) is 42.3 Å². The predicted molar refractivity (Wildman–Crippen MR) is 77.7 cm³/mol. The van der Waals surface area contributed by atoms with Crippen LogP contribution in [0.4, 0.5) is 0 Å². The molecule has 0 radical (unpaired) electrons. The molecule has 3 heterocycles. The lowest BCUT2D eigenvalue weighted by Gasteiger charge is -2.24. The Balaban J connectivity index is 1.58. The van der Waals surface area contributed by atoms with Crippen LogP contribution in [0.1, 0.15) is 29.3 Å². The molecule has 1 atom stereocenters. The van der Waals surface area contributed by atoms with Crippen molar-refractivity contribution >= 4 is 5.91 Å². The Morgan fingerprint density at radius 1 is 1.38 bits per heavy atom. The molecule has 110 valence electrons. The predicted octanol–water partition coefficient (Wildman–Crippen LogP) is 0.964. The summed E-state index contributed by atoms with van der Waals surface area (Å²) in [6, 6.07) is 4.03. The van der Waals surface area contributed by atoms with Crippen LogP contribution in [-0.2, 0) is 24.2 Å². The highest BCUT2D eigenvalue weighted by atomic mass is 16.1. The van der Waals surface area contributed by atoms with Crippen molar-refractivity contribution in [3.63, 3.8) is 0 Å². The fourth-order valence-electron chi connectivity index (χ4n) is 2.65. The lowest BCUT2D eigenvalue weighted by Crippen LogP contribution is -2.41. The van der Waals surface area contributed by atoms with E-state index in [9.17, 15) is 4.79 Å². The van der Waals surface area contributed by atoms with E-state index in [1.54, 1.807) is 6.20 Å². The molecule has 0 aliphatic carbocycles. The number of nitrogens with one attached hydrogen (secondary N) is 1. The summed E-state index contributed by atoms with van der Waals surface area (Å²) >= 11 is 0.